The zero-order valence-electron chi connectivity index (χ0n) is 20.7. The number of alkyl halides is 3. The Kier molecular flexibility index (Phi) is 5.38. The van der Waals surface area contributed by atoms with Gasteiger partial charge in [0, 0.05) is 17.9 Å². The number of aromatic hydroxyl groups is 2. The van der Waals surface area contributed by atoms with Crippen molar-refractivity contribution in [2.75, 3.05) is 6.61 Å². The van der Waals surface area contributed by atoms with Gasteiger partial charge in [0.05, 0.1) is 44.9 Å². The largest absolute Gasteiger partial charge is 0.494 e. The van der Waals surface area contributed by atoms with Gasteiger partial charge < -0.3 is 19.7 Å². The first kappa shape index (κ1) is 25.1. The molecule has 6 rings (SSSR count). The van der Waals surface area contributed by atoms with E-state index >= 15 is 0 Å². The number of aromatic nitrogens is 1. The van der Waals surface area contributed by atoms with Gasteiger partial charge in [-0.15, -0.1) is 0 Å². The molecule has 3 aromatic carbocycles. The van der Waals surface area contributed by atoms with Crippen LogP contribution in [0.1, 0.15) is 42.9 Å². The van der Waals surface area contributed by atoms with Crippen molar-refractivity contribution < 1.29 is 37.8 Å². The number of hydrogen-bond donors (Lipinski definition) is 2. The van der Waals surface area contributed by atoms with Crippen LogP contribution in [0.4, 0.5) is 18.9 Å². The number of fused-ring (bicyclic) bond motifs is 6. The van der Waals surface area contributed by atoms with Crippen LogP contribution in [0, 0.1) is 10.1 Å². The Hall–Kier alpha value is -4.25. The van der Waals surface area contributed by atoms with E-state index in [2.05, 4.69) is 0 Å². The number of nitro benzene ring substituents is 1. The van der Waals surface area contributed by atoms with Gasteiger partial charge in [0.2, 0.25) is 11.8 Å². The summed E-state index contributed by atoms with van der Waals surface area (Å²) < 4.78 is 52.0. The quantitative estimate of drug-likeness (QED) is 0.209. The summed E-state index contributed by atoms with van der Waals surface area (Å²) in [4.78, 5) is 11.1. The van der Waals surface area contributed by atoms with Crippen LogP contribution >= 0.6 is 0 Å². The Bertz CT molecular complexity index is 1630. The molecule has 1 aromatic heterocycles. The van der Waals surface area contributed by atoms with Gasteiger partial charge >= 0.3 is 6.18 Å². The predicted molar refractivity (Wildman–Crippen MR) is 134 cm³/mol. The third kappa shape index (κ3) is 3.71. The van der Waals surface area contributed by atoms with E-state index in [1.807, 2.05) is 6.92 Å². The molecule has 1 saturated heterocycles. The van der Waals surface area contributed by atoms with E-state index < -0.39 is 27.9 Å². The van der Waals surface area contributed by atoms with Crippen molar-refractivity contribution in [3.05, 3.63) is 87.5 Å². The summed E-state index contributed by atoms with van der Waals surface area (Å²) in [5.74, 6) is -0.186. The molecule has 2 N–H and O–H groups in total. The van der Waals surface area contributed by atoms with E-state index in [0.717, 1.165) is 12.1 Å². The Morgan fingerprint density at radius 1 is 1.00 bits per heavy atom. The number of non-ortho nitro benzene ring substituents is 1. The maximum absolute atomic E-state index is 12.9. The molecule has 1 fully saturated rings. The molecule has 8 nitrogen and oxygen atoms in total. The number of halogens is 3. The lowest BCUT2D eigenvalue weighted by Gasteiger charge is -2.26. The average Bonchev–Trinajstić information content (AvgIpc) is 3.47. The minimum Gasteiger partial charge on any atom is -0.494 e. The zero-order valence-corrected chi connectivity index (χ0v) is 20.7. The van der Waals surface area contributed by atoms with E-state index in [4.69, 9.17) is 9.47 Å². The van der Waals surface area contributed by atoms with E-state index in [-0.39, 0.29) is 36.2 Å². The minimum absolute atomic E-state index is 0.0900. The van der Waals surface area contributed by atoms with Crippen molar-refractivity contribution in [3.8, 4) is 23.2 Å². The Balaban J connectivity index is 1.36. The third-order valence-corrected chi connectivity index (χ3v) is 7.80. The van der Waals surface area contributed by atoms with Gasteiger partial charge in [-0.05, 0) is 56.2 Å². The second-order valence-corrected chi connectivity index (χ2v) is 10.1. The Morgan fingerprint density at radius 2 is 1.67 bits per heavy atom. The third-order valence-electron chi connectivity index (χ3n) is 7.80. The average molecular weight is 540 g/mol. The summed E-state index contributed by atoms with van der Waals surface area (Å²) in [6.45, 7) is 1.92. The van der Waals surface area contributed by atoms with Crippen LogP contribution in [0.5, 0.6) is 17.5 Å². The van der Waals surface area contributed by atoms with Gasteiger partial charge in [0.25, 0.3) is 5.69 Å². The molecule has 2 bridgehead atoms. The van der Waals surface area contributed by atoms with E-state index in [9.17, 15) is 33.5 Å². The second kappa shape index (κ2) is 8.37. The molecule has 4 aromatic rings. The topological polar surface area (TPSA) is 107 Å². The number of benzene rings is 3. The minimum atomic E-state index is -4.44. The van der Waals surface area contributed by atoms with Gasteiger partial charge in [-0.3, -0.25) is 14.7 Å². The Morgan fingerprint density at radius 3 is 2.33 bits per heavy atom. The number of nitrogens with zero attached hydrogens (tertiary/aromatic N) is 2. The summed E-state index contributed by atoms with van der Waals surface area (Å²) in [7, 11) is 0. The highest BCUT2D eigenvalue weighted by Crippen LogP contribution is 2.65. The predicted octanol–water partition coefficient (Wildman–Crippen LogP) is 6.67. The first-order valence-corrected chi connectivity index (χ1v) is 12.3. The van der Waals surface area contributed by atoms with Crippen molar-refractivity contribution >= 4 is 16.5 Å². The molecule has 202 valence electrons. The van der Waals surface area contributed by atoms with E-state index in [1.165, 1.54) is 28.8 Å². The van der Waals surface area contributed by atoms with Gasteiger partial charge in [0.1, 0.15) is 11.4 Å². The number of hydrogen-bond acceptors (Lipinski definition) is 6. The van der Waals surface area contributed by atoms with Crippen molar-refractivity contribution in [1.29, 1.82) is 0 Å². The first-order chi connectivity index (χ1) is 18.5. The van der Waals surface area contributed by atoms with Crippen LogP contribution in [-0.2, 0) is 22.1 Å². The molecule has 0 amide bonds. The molecule has 0 radical (unpaired) electrons. The zero-order chi connectivity index (χ0) is 27.7. The molecule has 39 heavy (non-hydrogen) atoms. The summed E-state index contributed by atoms with van der Waals surface area (Å²) in [6, 6.07) is 13.9. The number of ether oxygens (including phenoxy) is 2. The van der Waals surface area contributed by atoms with Gasteiger partial charge in [-0.1, -0.05) is 18.2 Å². The lowest BCUT2D eigenvalue weighted by Crippen LogP contribution is -2.25. The standard InChI is InChI=1S/C28H23F3N2O6/c1-26-12-13-27(39-26,14-15-38-17-8-6-16(7-9-17)28(29,30)31)23-22(26)24(34)32(25(23)35)20-10-11-21(33(36)37)19-5-3-2-4-18(19)20/h2-11,34-35H,12-15H2,1H3/t26-,27-/m0/s1. The molecule has 11 heteroatoms. The van der Waals surface area contributed by atoms with Crippen LogP contribution in [0.2, 0.25) is 0 Å². The number of nitro groups is 1. The monoisotopic (exact) mass is 540 g/mol. The second-order valence-electron chi connectivity index (χ2n) is 10.1. The summed E-state index contributed by atoms with van der Waals surface area (Å²) >= 11 is 0. The van der Waals surface area contributed by atoms with Crippen LogP contribution in [0.15, 0.2) is 60.7 Å². The maximum Gasteiger partial charge on any atom is 0.416 e. The van der Waals surface area contributed by atoms with Crippen LogP contribution in [0.3, 0.4) is 0 Å². The molecule has 0 saturated carbocycles. The van der Waals surface area contributed by atoms with Crippen molar-refractivity contribution in [3.63, 3.8) is 0 Å². The number of rotatable bonds is 6. The molecular weight excluding hydrogens is 517 g/mol. The summed E-state index contributed by atoms with van der Waals surface area (Å²) in [6.07, 6.45) is -3.07. The van der Waals surface area contributed by atoms with Crippen molar-refractivity contribution in [2.24, 2.45) is 0 Å². The van der Waals surface area contributed by atoms with E-state index in [0.29, 0.717) is 40.4 Å². The fourth-order valence-corrected chi connectivity index (χ4v) is 6.03. The van der Waals surface area contributed by atoms with Crippen molar-refractivity contribution in [2.45, 2.75) is 43.6 Å². The molecule has 0 aliphatic carbocycles. The summed E-state index contributed by atoms with van der Waals surface area (Å²) in [5.41, 5.74) is -1.49. The lowest BCUT2D eigenvalue weighted by atomic mass is 9.78. The Labute approximate surface area is 220 Å². The highest BCUT2D eigenvalue weighted by molar-refractivity contribution is 5.97. The lowest BCUT2D eigenvalue weighted by molar-refractivity contribution is -0.383. The van der Waals surface area contributed by atoms with Gasteiger partial charge in [-0.2, -0.15) is 13.2 Å². The van der Waals surface area contributed by atoms with Crippen LogP contribution < -0.4 is 4.74 Å². The van der Waals surface area contributed by atoms with E-state index in [1.54, 1.807) is 24.3 Å². The summed E-state index contributed by atoms with van der Waals surface area (Å²) in [5, 5.41) is 35.3. The molecule has 3 heterocycles. The maximum atomic E-state index is 12.9. The molecule has 0 spiro atoms. The molecule has 2 aliphatic rings. The fraction of sp³-hybridized carbons (Fsp3) is 0.286. The molecule has 2 atom stereocenters. The van der Waals surface area contributed by atoms with Crippen LogP contribution in [0.25, 0.3) is 16.5 Å². The first-order valence-electron chi connectivity index (χ1n) is 12.3. The van der Waals surface area contributed by atoms with Crippen molar-refractivity contribution in [1.82, 2.24) is 4.57 Å². The smallest absolute Gasteiger partial charge is 0.416 e. The van der Waals surface area contributed by atoms with Gasteiger partial charge in [0.15, 0.2) is 0 Å². The highest BCUT2D eigenvalue weighted by atomic mass is 19.4. The van der Waals surface area contributed by atoms with Gasteiger partial charge in [-0.25, -0.2) is 0 Å². The fourth-order valence-electron chi connectivity index (χ4n) is 6.03. The normalized spacial score (nSPS) is 21.8. The molecular formula is C28H23F3N2O6. The SMILES string of the molecule is C[C@@]12CC[C@@](CCOc3ccc(C(F)(F)F)cc3)(O1)c1c2c(O)n(-c2ccc([N+](=O)[O-])c3ccccc23)c1O. The molecule has 2 aliphatic heterocycles. The van der Waals surface area contributed by atoms with Crippen LogP contribution in [-0.4, -0.2) is 26.3 Å². The molecule has 0 unspecified atom stereocenters. The highest BCUT2D eigenvalue weighted by Gasteiger charge is 2.61.